The lowest BCUT2D eigenvalue weighted by atomic mass is 10.1. The van der Waals surface area contributed by atoms with Gasteiger partial charge >= 0.3 is 0 Å². The molecule has 1 aliphatic heterocycles. The van der Waals surface area contributed by atoms with E-state index < -0.39 is 5.92 Å². The SMILES string of the molecule is CCOc1ccc(NC(=O)C2CC(=O)N(c3ccc(OC)cc3OC)C2)cc1. The van der Waals surface area contributed by atoms with Gasteiger partial charge in [0, 0.05) is 24.7 Å². The van der Waals surface area contributed by atoms with Crippen LogP contribution in [0.15, 0.2) is 42.5 Å². The van der Waals surface area contributed by atoms with Crippen LogP contribution in [0.25, 0.3) is 0 Å². The lowest BCUT2D eigenvalue weighted by molar-refractivity contribution is -0.122. The van der Waals surface area contributed by atoms with Crippen LogP contribution in [-0.4, -0.2) is 39.2 Å². The predicted octanol–water partition coefficient (Wildman–Crippen LogP) is 3.09. The Kier molecular flexibility index (Phi) is 6.03. The fourth-order valence-corrected chi connectivity index (χ4v) is 3.17. The molecule has 1 atom stereocenters. The maximum Gasteiger partial charge on any atom is 0.229 e. The van der Waals surface area contributed by atoms with Crippen molar-refractivity contribution in [3.8, 4) is 17.2 Å². The Morgan fingerprint density at radius 2 is 1.82 bits per heavy atom. The number of carbonyl (C=O) groups excluding carboxylic acids is 2. The van der Waals surface area contributed by atoms with E-state index in [1.165, 1.54) is 7.11 Å². The molecule has 148 valence electrons. The summed E-state index contributed by atoms with van der Waals surface area (Å²) in [5.74, 6) is 1.17. The van der Waals surface area contributed by atoms with Crippen molar-refractivity contribution in [1.82, 2.24) is 0 Å². The molecule has 2 aromatic carbocycles. The fraction of sp³-hybridized carbons (Fsp3) is 0.333. The molecule has 0 bridgehead atoms. The third-order valence-electron chi connectivity index (χ3n) is 4.61. The Labute approximate surface area is 164 Å². The molecule has 1 aliphatic rings. The summed E-state index contributed by atoms with van der Waals surface area (Å²) in [6.45, 7) is 2.79. The van der Waals surface area contributed by atoms with Gasteiger partial charge in [0.2, 0.25) is 11.8 Å². The number of rotatable bonds is 7. The van der Waals surface area contributed by atoms with Gasteiger partial charge in [0.15, 0.2) is 0 Å². The highest BCUT2D eigenvalue weighted by molar-refractivity contribution is 6.04. The Hall–Kier alpha value is -3.22. The van der Waals surface area contributed by atoms with E-state index in [4.69, 9.17) is 14.2 Å². The second-order valence-corrected chi connectivity index (χ2v) is 6.39. The Morgan fingerprint density at radius 1 is 1.11 bits per heavy atom. The van der Waals surface area contributed by atoms with Crippen LogP contribution in [0.3, 0.4) is 0 Å². The van der Waals surface area contributed by atoms with E-state index in [1.54, 1.807) is 54.5 Å². The van der Waals surface area contributed by atoms with Crippen molar-refractivity contribution in [1.29, 1.82) is 0 Å². The fourth-order valence-electron chi connectivity index (χ4n) is 3.17. The van der Waals surface area contributed by atoms with E-state index in [2.05, 4.69) is 5.32 Å². The average molecular weight is 384 g/mol. The van der Waals surface area contributed by atoms with E-state index in [-0.39, 0.29) is 18.2 Å². The molecule has 0 spiro atoms. The monoisotopic (exact) mass is 384 g/mol. The zero-order valence-corrected chi connectivity index (χ0v) is 16.2. The minimum atomic E-state index is -0.439. The molecular formula is C21H24N2O5. The molecule has 0 aromatic heterocycles. The van der Waals surface area contributed by atoms with Gasteiger partial charge in [0.1, 0.15) is 17.2 Å². The highest BCUT2D eigenvalue weighted by Gasteiger charge is 2.36. The van der Waals surface area contributed by atoms with Gasteiger partial charge in [-0.1, -0.05) is 0 Å². The van der Waals surface area contributed by atoms with E-state index in [9.17, 15) is 9.59 Å². The Morgan fingerprint density at radius 3 is 2.46 bits per heavy atom. The van der Waals surface area contributed by atoms with Crippen LogP contribution >= 0.6 is 0 Å². The second kappa shape index (κ2) is 8.65. The summed E-state index contributed by atoms with van der Waals surface area (Å²) in [7, 11) is 3.10. The van der Waals surface area contributed by atoms with Crippen LogP contribution in [0, 0.1) is 5.92 Å². The van der Waals surface area contributed by atoms with Crippen molar-refractivity contribution >= 4 is 23.2 Å². The lowest BCUT2D eigenvalue weighted by Crippen LogP contribution is -2.28. The van der Waals surface area contributed by atoms with Crippen molar-refractivity contribution in [3.05, 3.63) is 42.5 Å². The van der Waals surface area contributed by atoms with Gasteiger partial charge in [-0.3, -0.25) is 9.59 Å². The quantitative estimate of drug-likeness (QED) is 0.794. The Balaban J connectivity index is 1.69. The second-order valence-electron chi connectivity index (χ2n) is 6.39. The third kappa shape index (κ3) is 4.19. The summed E-state index contributed by atoms with van der Waals surface area (Å²) in [5, 5.41) is 2.87. The molecule has 2 amide bonds. The van der Waals surface area contributed by atoms with Crippen molar-refractivity contribution in [2.24, 2.45) is 5.92 Å². The summed E-state index contributed by atoms with van der Waals surface area (Å²) in [4.78, 5) is 26.7. The summed E-state index contributed by atoms with van der Waals surface area (Å²) >= 11 is 0. The number of benzene rings is 2. The van der Waals surface area contributed by atoms with Crippen LogP contribution in [0.4, 0.5) is 11.4 Å². The van der Waals surface area contributed by atoms with Gasteiger partial charge in [-0.25, -0.2) is 0 Å². The molecule has 0 aliphatic carbocycles. The first kappa shape index (κ1) is 19.5. The molecule has 2 aromatic rings. The molecule has 7 nitrogen and oxygen atoms in total. The number of methoxy groups -OCH3 is 2. The normalized spacial score (nSPS) is 16.0. The summed E-state index contributed by atoms with van der Waals surface area (Å²) in [5.41, 5.74) is 1.30. The number of nitrogens with zero attached hydrogens (tertiary/aromatic N) is 1. The largest absolute Gasteiger partial charge is 0.497 e. The van der Waals surface area contributed by atoms with E-state index in [0.717, 1.165) is 5.75 Å². The van der Waals surface area contributed by atoms with Crippen molar-refractivity contribution in [2.75, 3.05) is 37.6 Å². The number of amides is 2. The van der Waals surface area contributed by atoms with Gasteiger partial charge in [-0.2, -0.15) is 0 Å². The average Bonchev–Trinajstić information content (AvgIpc) is 3.10. The van der Waals surface area contributed by atoms with Gasteiger partial charge < -0.3 is 24.4 Å². The van der Waals surface area contributed by atoms with E-state index in [0.29, 0.717) is 36.0 Å². The van der Waals surface area contributed by atoms with Crippen LogP contribution < -0.4 is 24.4 Å². The number of anilines is 2. The highest BCUT2D eigenvalue weighted by atomic mass is 16.5. The first-order valence-electron chi connectivity index (χ1n) is 9.11. The number of carbonyl (C=O) groups is 2. The smallest absolute Gasteiger partial charge is 0.229 e. The summed E-state index contributed by atoms with van der Waals surface area (Å²) < 4.78 is 16.0. The molecule has 1 unspecified atom stereocenters. The van der Waals surface area contributed by atoms with Crippen LogP contribution in [0.2, 0.25) is 0 Å². The number of ether oxygens (including phenoxy) is 3. The van der Waals surface area contributed by atoms with Crippen molar-refractivity contribution in [3.63, 3.8) is 0 Å². The van der Waals surface area contributed by atoms with Crippen LogP contribution in [0.5, 0.6) is 17.2 Å². The zero-order valence-electron chi connectivity index (χ0n) is 16.2. The molecule has 1 N–H and O–H groups in total. The summed E-state index contributed by atoms with van der Waals surface area (Å²) in [6, 6.07) is 12.4. The highest BCUT2D eigenvalue weighted by Crippen LogP contribution is 2.36. The number of hydrogen-bond donors (Lipinski definition) is 1. The minimum absolute atomic E-state index is 0.115. The topological polar surface area (TPSA) is 77.1 Å². The van der Waals surface area contributed by atoms with Crippen LogP contribution in [-0.2, 0) is 9.59 Å². The molecule has 1 fully saturated rings. The lowest BCUT2D eigenvalue weighted by Gasteiger charge is -2.20. The number of nitrogens with one attached hydrogen (secondary N) is 1. The van der Waals surface area contributed by atoms with E-state index in [1.807, 2.05) is 6.92 Å². The number of hydrogen-bond acceptors (Lipinski definition) is 5. The molecule has 7 heteroatoms. The first-order valence-corrected chi connectivity index (χ1v) is 9.11. The third-order valence-corrected chi connectivity index (χ3v) is 4.61. The van der Waals surface area contributed by atoms with Crippen LogP contribution in [0.1, 0.15) is 13.3 Å². The van der Waals surface area contributed by atoms with Gasteiger partial charge in [0.25, 0.3) is 0 Å². The predicted molar refractivity (Wildman–Crippen MR) is 106 cm³/mol. The van der Waals surface area contributed by atoms with Gasteiger partial charge in [0.05, 0.1) is 32.4 Å². The standard InChI is InChI=1S/C21H24N2O5/c1-4-28-16-7-5-15(6-8-16)22-21(25)14-11-20(24)23(13-14)18-10-9-17(26-2)12-19(18)27-3/h5-10,12,14H,4,11,13H2,1-3H3,(H,22,25). The Bertz CT molecular complexity index is 850. The molecule has 0 saturated carbocycles. The van der Waals surface area contributed by atoms with Crippen molar-refractivity contribution in [2.45, 2.75) is 13.3 Å². The summed E-state index contributed by atoms with van der Waals surface area (Å²) in [6.07, 6.45) is 0.151. The zero-order chi connectivity index (χ0) is 20.1. The molecule has 1 saturated heterocycles. The van der Waals surface area contributed by atoms with Gasteiger partial charge in [-0.05, 0) is 43.3 Å². The minimum Gasteiger partial charge on any atom is -0.497 e. The van der Waals surface area contributed by atoms with E-state index >= 15 is 0 Å². The first-order chi connectivity index (χ1) is 13.5. The van der Waals surface area contributed by atoms with Crippen molar-refractivity contribution < 1.29 is 23.8 Å². The molecule has 1 heterocycles. The molecule has 28 heavy (non-hydrogen) atoms. The molecular weight excluding hydrogens is 360 g/mol. The van der Waals surface area contributed by atoms with Gasteiger partial charge in [-0.15, -0.1) is 0 Å². The molecule has 0 radical (unpaired) electrons. The maximum atomic E-state index is 12.6. The molecule has 3 rings (SSSR count). The maximum absolute atomic E-state index is 12.6.